The summed E-state index contributed by atoms with van der Waals surface area (Å²) in [5.74, 6) is 0. The van der Waals surface area contributed by atoms with Gasteiger partial charge in [0.05, 0.1) is 0 Å². The van der Waals surface area contributed by atoms with Crippen LogP contribution in [0.5, 0.6) is 0 Å². The van der Waals surface area contributed by atoms with E-state index in [1.807, 2.05) is 0 Å². The van der Waals surface area contributed by atoms with Gasteiger partial charge in [-0.05, 0) is 0 Å². The van der Waals surface area contributed by atoms with Crippen molar-refractivity contribution in [2.75, 3.05) is 0 Å². The SMILES string of the molecule is N.N.N.N.N.[Cl][Co+2].[O-][Cl+3]([O-])([O-])[O-].[O-][Cl+3]([O-])([O-])[O-]. The van der Waals surface area contributed by atoms with E-state index in [0.29, 0.717) is 0 Å². The third kappa shape index (κ3) is 5070. The molecule has 0 radical (unpaired) electrons. The van der Waals surface area contributed by atoms with Gasteiger partial charge in [0.2, 0.25) is 0 Å². The van der Waals surface area contributed by atoms with Crippen molar-refractivity contribution in [3.05, 3.63) is 0 Å². The van der Waals surface area contributed by atoms with Crippen LogP contribution >= 0.6 is 10.1 Å². The minimum Gasteiger partial charge on any atom is -0.222 e. The zero-order chi connectivity index (χ0) is 11.0. The maximum Gasteiger partial charge on any atom is -0.112 e. The third-order valence-corrected chi connectivity index (χ3v) is 0. The molecule has 13 nitrogen and oxygen atoms in total. The summed E-state index contributed by atoms with van der Waals surface area (Å²) in [6.07, 6.45) is 0. The predicted octanol–water partition coefficient (Wildman–Crippen LogP) is -8.02. The van der Waals surface area contributed by atoms with Crippen LogP contribution in [0.3, 0.4) is 0 Å². The second-order valence-electron chi connectivity index (χ2n) is 0.756. The molecule has 0 heterocycles. The molecule has 118 valence electrons. The molecular formula is H15Cl3CoN5O8. The number of hydrogen-bond acceptors (Lipinski definition) is 13. The Morgan fingerprint density at radius 3 is 0.471 bits per heavy atom. The molecule has 0 saturated carbocycles. The average molecular weight is 378 g/mol. The topological polar surface area (TPSA) is 359 Å². The van der Waals surface area contributed by atoms with E-state index in [-0.39, 0.29) is 30.8 Å². The fraction of sp³-hybridized carbons (Fsp3) is 0. The Morgan fingerprint density at radius 2 is 0.471 bits per heavy atom. The molecule has 0 spiro atoms. The fourth-order valence-electron chi connectivity index (χ4n) is 0. The van der Waals surface area contributed by atoms with Gasteiger partial charge in [0.1, 0.15) is 0 Å². The van der Waals surface area contributed by atoms with Crippen LogP contribution < -0.4 is 68.0 Å². The maximum atomic E-state index is 8.49. The number of rotatable bonds is 0. The predicted molar refractivity (Wildman–Crippen MR) is 31.0 cm³/mol. The molecule has 17 heavy (non-hydrogen) atoms. The largest absolute Gasteiger partial charge is 0.222 e. The van der Waals surface area contributed by atoms with Gasteiger partial charge in [-0.1, -0.05) is 0 Å². The summed E-state index contributed by atoms with van der Waals surface area (Å²) >= 11 is 3.03. The van der Waals surface area contributed by atoms with Gasteiger partial charge in [0, 0.05) is 0 Å². The van der Waals surface area contributed by atoms with Crippen LogP contribution in [0.25, 0.3) is 0 Å². The summed E-state index contributed by atoms with van der Waals surface area (Å²) in [7, 11) is -5.56. The summed E-state index contributed by atoms with van der Waals surface area (Å²) in [6, 6.07) is 0. The number of hydrogen-bond donors (Lipinski definition) is 5. The fourth-order valence-corrected chi connectivity index (χ4v) is 0. The summed E-state index contributed by atoms with van der Waals surface area (Å²) in [5, 5.41) is 0. The molecule has 17 heteroatoms. The van der Waals surface area contributed by atoms with Crippen LogP contribution in [0.4, 0.5) is 0 Å². The Hall–Kier alpha value is 0.856. The normalized spacial score (nSPS) is 7.41. The first-order chi connectivity index (χ1) is 5.00. The van der Waals surface area contributed by atoms with Gasteiger partial charge < -0.3 is 30.8 Å². The second-order valence-corrected chi connectivity index (χ2v) is 2.27. The Kier molecular flexibility index (Phi) is 78.8. The van der Waals surface area contributed by atoms with E-state index in [0.717, 1.165) is 0 Å². The molecular weight excluding hydrogens is 363 g/mol. The minimum atomic E-state index is -4.94. The molecule has 0 aromatic heterocycles. The first-order valence-electron chi connectivity index (χ1n) is 1.36. The molecule has 0 saturated heterocycles. The van der Waals surface area contributed by atoms with Crippen molar-refractivity contribution in [2.24, 2.45) is 0 Å². The molecule has 0 aliphatic carbocycles. The van der Waals surface area contributed by atoms with Crippen LogP contribution in [-0.4, -0.2) is 0 Å². The first-order valence-corrected chi connectivity index (χ1v) is 5.26. The monoisotopic (exact) mass is 377 g/mol. The van der Waals surface area contributed by atoms with E-state index in [4.69, 9.17) is 37.3 Å². The van der Waals surface area contributed by atoms with Gasteiger partial charge in [-0.2, -0.15) is 0 Å². The molecule has 15 N–H and O–H groups in total. The van der Waals surface area contributed by atoms with Gasteiger partial charge in [0.25, 0.3) is 0 Å². The molecule has 0 unspecified atom stereocenters. The molecule has 0 aliphatic heterocycles. The molecule has 0 atom stereocenters. The molecule has 0 aromatic rings. The Balaban J connectivity index is -0.0000000110. The maximum absolute atomic E-state index is 8.49. The van der Waals surface area contributed by atoms with E-state index in [1.165, 1.54) is 0 Å². The van der Waals surface area contributed by atoms with Crippen molar-refractivity contribution >= 4 is 10.1 Å². The van der Waals surface area contributed by atoms with E-state index >= 15 is 0 Å². The van der Waals surface area contributed by atoms with Gasteiger partial charge >= 0.3 is 25.0 Å². The van der Waals surface area contributed by atoms with Crippen LogP contribution in [-0.2, 0) is 14.8 Å². The van der Waals surface area contributed by atoms with Crippen LogP contribution in [0.2, 0.25) is 0 Å². The Bertz CT molecular complexity index is 72.1. The van der Waals surface area contributed by atoms with Crippen molar-refractivity contribution < 1.29 is 72.6 Å². The first kappa shape index (κ1) is 52.2. The van der Waals surface area contributed by atoms with E-state index < -0.39 is 20.5 Å². The minimum absolute atomic E-state index is 0. The zero-order valence-corrected chi connectivity index (χ0v) is 11.6. The van der Waals surface area contributed by atoms with Crippen molar-refractivity contribution in [1.29, 1.82) is 0 Å². The van der Waals surface area contributed by atoms with Crippen LogP contribution in [0.15, 0.2) is 0 Å². The zero-order valence-electron chi connectivity index (χ0n) is 8.27. The standard InChI is InChI=1S/2ClHO4.ClH.Co.5H3N/c2*2-1(3,4)5;;;;;;;/h2*(H,2,3,4,5);1H;;5*1H3/q;;;+3;;;;;/p-3. The van der Waals surface area contributed by atoms with Crippen molar-refractivity contribution in [3.63, 3.8) is 0 Å². The molecule has 0 bridgehead atoms. The van der Waals surface area contributed by atoms with Crippen LogP contribution in [0.1, 0.15) is 0 Å². The summed E-state index contributed by atoms with van der Waals surface area (Å²) in [5.41, 5.74) is 0. The average Bonchev–Trinajstić information content (AvgIpc) is 1.59. The van der Waals surface area contributed by atoms with E-state index in [2.05, 4.69) is 25.0 Å². The smallest absolute Gasteiger partial charge is 0.112 e. The van der Waals surface area contributed by atoms with E-state index in [1.54, 1.807) is 0 Å². The van der Waals surface area contributed by atoms with Gasteiger partial charge in [-0.15, -0.1) is 20.5 Å². The Morgan fingerprint density at radius 1 is 0.471 bits per heavy atom. The second kappa shape index (κ2) is 25.6. The Labute approximate surface area is 114 Å². The molecule has 0 aliphatic rings. The molecule has 0 rings (SSSR count). The summed E-state index contributed by atoms with van der Waals surface area (Å²) in [6.45, 7) is 0. The van der Waals surface area contributed by atoms with Gasteiger partial charge in [-0.25, -0.2) is 37.3 Å². The van der Waals surface area contributed by atoms with Crippen molar-refractivity contribution in [2.45, 2.75) is 0 Å². The van der Waals surface area contributed by atoms with Crippen molar-refractivity contribution in [1.82, 2.24) is 30.8 Å². The molecule has 0 fully saturated rings. The van der Waals surface area contributed by atoms with Crippen LogP contribution in [0, 0.1) is 20.5 Å². The molecule has 0 amide bonds. The van der Waals surface area contributed by atoms with E-state index in [9.17, 15) is 0 Å². The molecule has 0 aromatic carbocycles. The summed E-state index contributed by atoms with van der Waals surface area (Å²) in [4.78, 5) is 0. The van der Waals surface area contributed by atoms with Crippen molar-refractivity contribution in [3.8, 4) is 0 Å². The quantitative estimate of drug-likeness (QED) is 0.261. The van der Waals surface area contributed by atoms with Gasteiger partial charge in [-0.3, -0.25) is 0 Å². The summed E-state index contributed by atoms with van der Waals surface area (Å²) < 4.78 is 67.9. The van der Waals surface area contributed by atoms with Gasteiger partial charge in [0.15, 0.2) is 0 Å². The third-order valence-electron chi connectivity index (χ3n) is 0. The number of halogens is 3.